The van der Waals surface area contributed by atoms with E-state index in [2.05, 4.69) is 17.0 Å². The van der Waals surface area contributed by atoms with Gasteiger partial charge in [-0.3, -0.25) is 0 Å². The van der Waals surface area contributed by atoms with Gasteiger partial charge in [-0.25, -0.2) is 4.72 Å². The van der Waals surface area contributed by atoms with Gasteiger partial charge >= 0.3 is 0 Å². The summed E-state index contributed by atoms with van der Waals surface area (Å²) in [7, 11) is -1.37. The van der Waals surface area contributed by atoms with E-state index in [0.717, 1.165) is 25.8 Å². The van der Waals surface area contributed by atoms with Crippen LogP contribution in [0.3, 0.4) is 0 Å². The lowest BCUT2D eigenvalue weighted by atomic mass is 9.99. The van der Waals surface area contributed by atoms with Crippen molar-refractivity contribution in [1.29, 1.82) is 0 Å². The first-order chi connectivity index (χ1) is 9.53. The molecule has 0 amide bonds. The zero-order valence-corrected chi connectivity index (χ0v) is 13.6. The minimum Gasteiger partial charge on any atom is -0.319 e. The molecule has 1 aliphatic heterocycles. The third kappa shape index (κ3) is 4.16. The van der Waals surface area contributed by atoms with Crippen molar-refractivity contribution in [3.8, 4) is 0 Å². The molecule has 0 aromatic rings. The van der Waals surface area contributed by atoms with Gasteiger partial charge in [-0.05, 0) is 50.6 Å². The van der Waals surface area contributed by atoms with E-state index in [1.807, 2.05) is 7.05 Å². The molecule has 5 nitrogen and oxygen atoms in total. The van der Waals surface area contributed by atoms with Crippen molar-refractivity contribution in [2.45, 2.75) is 39.0 Å². The molecule has 2 aliphatic rings. The lowest BCUT2D eigenvalue weighted by Gasteiger charge is -2.32. The first-order valence-electron chi connectivity index (χ1n) is 7.92. The molecule has 0 bridgehead atoms. The van der Waals surface area contributed by atoms with Gasteiger partial charge in [-0.1, -0.05) is 19.8 Å². The van der Waals surface area contributed by atoms with Crippen LogP contribution in [0.4, 0.5) is 0 Å². The lowest BCUT2D eigenvalue weighted by molar-refractivity contribution is 0.259. The first-order valence-corrected chi connectivity index (χ1v) is 9.36. The number of rotatable bonds is 6. The Labute approximate surface area is 123 Å². The van der Waals surface area contributed by atoms with Crippen molar-refractivity contribution in [2.75, 3.05) is 33.2 Å². The third-order valence-electron chi connectivity index (χ3n) is 4.88. The quantitative estimate of drug-likeness (QED) is 0.775. The number of nitrogens with zero attached hydrogens (tertiary/aromatic N) is 1. The zero-order chi connectivity index (χ0) is 14.6. The van der Waals surface area contributed by atoms with Crippen molar-refractivity contribution < 1.29 is 8.42 Å². The van der Waals surface area contributed by atoms with Crippen LogP contribution in [0.2, 0.25) is 0 Å². The largest absolute Gasteiger partial charge is 0.319 e. The average molecular weight is 303 g/mol. The Morgan fingerprint density at radius 1 is 1.15 bits per heavy atom. The van der Waals surface area contributed by atoms with Crippen molar-refractivity contribution in [3.05, 3.63) is 0 Å². The topological polar surface area (TPSA) is 61.4 Å². The fourth-order valence-electron chi connectivity index (χ4n) is 3.53. The summed E-state index contributed by atoms with van der Waals surface area (Å²) < 4.78 is 29.3. The molecular formula is C14H29N3O2S. The van der Waals surface area contributed by atoms with Gasteiger partial charge in [-0.15, -0.1) is 0 Å². The Balaban J connectivity index is 1.85. The van der Waals surface area contributed by atoms with Gasteiger partial charge in [0.25, 0.3) is 10.2 Å². The van der Waals surface area contributed by atoms with Crippen LogP contribution in [0.25, 0.3) is 0 Å². The van der Waals surface area contributed by atoms with Gasteiger partial charge < -0.3 is 5.32 Å². The van der Waals surface area contributed by atoms with Gasteiger partial charge in [0.15, 0.2) is 0 Å². The molecule has 2 fully saturated rings. The van der Waals surface area contributed by atoms with E-state index in [9.17, 15) is 8.42 Å². The Kier molecular flexibility index (Phi) is 5.84. The minimum atomic E-state index is -3.29. The van der Waals surface area contributed by atoms with Crippen LogP contribution in [0.5, 0.6) is 0 Å². The van der Waals surface area contributed by atoms with Gasteiger partial charge in [0.1, 0.15) is 0 Å². The first kappa shape index (κ1) is 16.2. The van der Waals surface area contributed by atoms with Crippen molar-refractivity contribution >= 4 is 10.2 Å². The summed E-state index contributed by atoms with van der Waals surface area (Å²) in [6, 6.07) is 0. The molecule has 1 saturated heterocycles. The monoisotopic (exact) mass is 303 g/mol. The van der Waals surface area contributed by atoms with Gasteiger partial charge in [0.05, 0.1) is 0 Å². The molecule has 118 valence electrons. The summed E-state index contributed by atoms with van der Waals surface area (Å²) in [5, 5.41) is 3.15. The summed E-state index contributed by atoms with van der Waals surface area (Å²) in [6.07, 6.45) is 5.72. The minimum absolute atomic E-state index is 0.440. The molecule has 1 heterocycles. The SMILES string of the molecule is CNCC1CCCN(S(=O)(=O)NCC2CCCC2C)C1. The highest BCUT2D eigenvalue weighted by Gasteiger charge is 2.30. The molecule has 3 unspecified atom stereocenters. The molecule has 6 heteroatoms. The maximum Gasteiger partial charge on any atom is 0.279 e. The molecule has 3 atom stereocenters. The molecule has 2 rings (SSSR count). The summed E-state index contributed by atoms with van der Waals surface area (Å²) >= 11 is 0. The maximum absolute atomic E-state index is 12.4. The fourth-order valence-corrected chi connectivity index (χ4v) is 4.91. The van der Waals surface area contributed by atoms with Crippen LogP contribution >= 0.6 is 0 Å². The normalized spacial score (nSPS) is 32.6. The van der Waals surface area contributed by atoms with E-state index < -0.39 is 10.2 Å². The van der Waals surface area contributed by atoms with Crippen LogP contribution in [0.1, 0.15) is 39.0 Å². The Bertz CT molecular complexity index is 397. The highest BCUT2D eigenvalue weighted by atomic mass is 32.2. The number of hydrogen-bond acceptors (Lipinski definition) is 3. The van der Waals surface area contributed by atoms with E-state index >= 15 is 0 Å². The number of hydrogen-bond donors (Lipinski definition) is 2. The molecule has 1 saturated carbocycles. The second-order valence-corrected chi connectivity index (χ2v) is 8.20. The second-order valence-electron chi connectivity index (χ2n) is 6.45. The van der Waals surface area contributed by atoms with Crippen LogP contribution < -0.4 is 10.0 Å². The number of nitrogens with one attached hydrogen (secondary N) is 2. The number of piperidine rings is 1. The van der Waals surface area contributed by atoms with Crippen LogP contribution in [0, 0.1) is 17.8 Å². The van der Waals surface area contributed by atoms with Crippen molar-refractivity contribution in [3.63, 3.8) is 0 Å². The molecule has 20 heavy (non-hydrogen) atoms. The standard InChI is InChI=1S/C14H29N3O2S/c1-12-5-3-7-14(12)10-16-20(18,19)17-8-4-6-13(11-17)9-15-2/h12-16H,3-11H2,1-2H3. The Morgan fingerprint density at radius 3 is 2.60 bits per heavy atom. The smallest absolute Gasteiger partial charge is 0.279 e. The van der Waals surface area contributed by atoms with E-state index in [1.54, 1.807) is 4.31 Å². The second kappa shape index (κ2) is 7.20. The summed E-state index contributed by atoms with van der Waals surface area (Å²) in [5.74, 6) is 1.61. The van der Waals surface area contributed by atoms with Gasteiger partial charge in [0.2, 0.25) is 0 Å². The predicted octanol–water partition coefficient (Wildman–Crippen LogP) is 1.19. The predicted molar refractivity (Wildman–Crippen MR) is 81.7 cm³/mol. The molecule has 1 aliphatic carbocycles. The van der Waals surface area contributed by atoms with E-state index in [-0.39, 0.29) is 0 Å². The van der Waals surface area contributed by atoms with Crippen molar-refractivity contribution in [2.24, 2.45) is 17.8 Å². The summed E-state index contributed by atoms with van der Waals surface area (Å²) in [4.78, 5) is 0. The van der Waals surface area contributed by atoms with E-state index in [0.29, 0.717) is 37.4 Å². The van der Waals surface area contributed by atoms with Crippen molar-refractivity contribution in [1.82, 2.24) is 14.3 Å². The van der Waals surface area contributed by atoms with Gasteiger partial charge in [-0.2, -0.15) is 12.7 Å². The van der Waals surface area contributed by atoms with E-state index in [1.165, 1.54) is 12.8 Å². The molecule has 0 spiro atoms. The summed E-state index contributed by atoms with van der Waals surface area (Å²) in [6.45, 7) is 5.05. The highest BCUT2D eigenvalue weighted by molar-refractivity contribution is 7.87. The zero-order valence-electron chi connectivity index (χ0n) is 12.8. The van der Waals surface area contributed by atoms with Crippen LogP contribution in [-0.4, -0.2) is 45.9 Å². The highest BCUT2D eigenvalue weighted by Crippen LogP contribution is 2.30. The molecule has 0 radical (unpaired) electrons. The maximum atomic E-state index is 12.4. The van der Waals surface area contributed by atoms with Gasteiger partial charge in [0, 0.05) is 19.6 Å². The molecule has 0 aromatic carbocycles. The van der Waals surface area contributed by atoms with Crippen LogP contribution in [0.15, 0.2) is 0 Å². The Morgan fingerprint density at radius 2 is 1.95 bits per heavy atom. The average Bonchev–Trinajstić information content (AvgIpc) is 2.83. The third-order valence-corrected chi connectivity index (χ3v) is 6.42. The van der Waals surface area contributed by atoms with E-state index in [4.69, 9.17) is 0 Å². The lowest BCUT2D eigenvalue weighted by Crippen LogP contribution is -2.48. The Hall–Kier alpha value is -0.170. The summed E-state index contributed by atoms with van der Waals surface area (Å²) in [5.41, 5.74) is 0. The fraction of sp³-hybridized carbons (Fsp3) is 1.00. The van der Waals surface area contributed by atoms with Crippen LogP contribution in [-0.2, 0) is 10.2 Å². The molecule has 2 N–H and O–H groups in total. The molecule has 0 aromatic heterocycles. The molecular weight excluding hydrogens is 274 g/mol.